The van der Waals surface area contributed by atoms with Crippen LogP contribution in [0.15, 0.2) is 47.4 Å². The Kier molecular flexibility index (Phi) is 12.7. The van der Waals surface area contributed by atoms with Gasteiger partial charge in [-0.05, 0) is 42.7 Å². The van der Waals surface area contributed by atoms with Gasteiger partial charge in [0.25, 0.3) is 10.1 Å². The van der Waals surface area contributed by atoms with Crippen LogP contribution in [0.1, 0.15) is 63.9 Å². The number of ether oxygens (including phenoxy) is 1. The van der Waals surface area contributed by atoms with E-state index in [9.17, 15) is 18.1 Å². The number of aryl methyl sites for hydroxylation is 1. The molecule has 2 aromatic carbocycles. The predicted molar refractivity (Wildman–Crippen MR) is 109 cm³/mol. The van der Waals surface area contributed by atoms with Gasteiger partial charge in [0.05, 0.1) is 0 Å². The molecule has 2 rings (SSSR count). The van der Waals surface area contributed by atoms with E-state index in [2.05, 4.69) is 6.92 Å². The largest absolute Gasteiger partial charge is 1.00 e. The van der Waals surface area contributed by atoms with Gasteiger partial charge in [-0.25, -0.2) is 0 Å². The molecule has 0 aliphatic rings. The van der Waals surface area contributed by atoms with Gasteiger partial charge >= 0.3 is 51.4 Å². The molecule has 0 saturated carbocycles. The Hall–Kier alpha value is -0.414. The normalized spacial score (nSPS) is 11.1. The zero-order valence-electron chi connectivity index (χ0n) is 17.4. The number of benzene rings is 2. The van der Waals surface area contributed by atoms with Gasteiger partial charge in [-0.1, -0.05) is 70.1 Å². The van der Waals surface area contributed by atoms with Crippen LogP contribution >= 0.6 is 0 Å². The topological polar surface area (TPSA) is 86.7 Å². The molecule has 7 heteroatoms. The van der Waals surface area contributed by atoms with E-state index in [4.69, 9.17) is 4.74 Å². The maximum absolute atomic E-state index is 12.0. The summed E-state index contributed by atoms with van der Waals surface area (Å²) < 4.78 is 37.9. The number of hydrogen-bond acceptors (Lipinski definition) is 4. The summed E-state index contributed by atoms with van der Waals surface area (Å²) in [5, 5.41) is 12.0. The second kappa shape index (κ2) is 13.8. The van der Waals surface area contributed by atoms with Crippen LogP contribution in [-0.4, -0.2) is 13.0 Å². The Morgan fingerprint density at radius 1 is 0.931 bits per heavy atom. The van der Waals surface area contributed by atoms with Crippen molar-refractivity contribution in [2.45, 2.75) is 69.6 Å². The first kappa shape index (κ1) is 26.6. The zero-order valence-corrected chi connectivity index (χ0v) is 21.3. The second-order valence-electron chi connectivity index (χ2n) is 7.06. The van der Waals surface area contributed by atoms with Crippen molar-refractivity contribution in [1.82, 2.24) is 0 Å². The van der Waals surface area contributed by atoms with Crippen LogP contribution in [0.25, 0.3) is 0 Å². The van der Waals surface area contributed by atoms with Crippen molar-refractivity contribution in [2.75, 3.05) is 0 Å². The van der Waals surface area contributed by atoms with E-state index in [0.717, 1.165) is 24.8 Å². The smallest absolute Gasteiger partial charge is 0.872 e. The minimum Gasteiger partial charge on any atom is -0.872 e. The quantitative estimate of drug-likeness (QED) is 0.309. The van der Waals surface area contributed by atoms with Crippen LogP contribution in [0.4, 0.5) is 0 Å². The summed E-state index contributed by atoms with van der Waals surface area (Å²) in [6.07, 6.45) is 10.5. The number of hydrogen-bond donors (Lipinski definition) is 1. The molecule has 0 fully saturated rings. The van der Waals surface area contributed by atoms with Gasteiger partial charge in [-0.3, -0.25) is 4.55 Å². The molecule has 0 saturated heterocycles. The first-order valence-electron chi connectivity index (χ1n) is 9.95. The van der Waals surface area contributed by atoms with Crippen LogP contribution in [0.3, 0.4) is 0 Å². The molecule has 0 spiro atoms. The van der Waals surface area contributed by atoms with Crippen LogP contribution in [0.2, 0.25) is 0 Å². The van der Waals surface area contributed by atoms with E-state index in [0.29, 0.717) is 0 Å². The fourth-order valence-corrected chi connectivity index (χ4v) is 3.79. The van der Waals surface area contributed by atoms with Crippen LogP contribution in [-0.2, 0) is 16.5 Å². The fourth-order valence-electron chi connectivity index (χ4n) is 3.17. The Bertz CT molecular complexity index is 852. The summed E-state index contributed by atoms with van der Waals surface area (Å²) in [7, 11) is -4.41. The monoisotopic (exact) mass is 444 g/mol. The maximum Gasteiger partial charge on any atom is 1.00 e. The van der Waals surface area contributed by atoms with Gasteiger partial charge in [0.2, 0.25) is 0 Å². The average molecular weight is 445 g/mol. The summed E-state index contributed by atoms with van der Waals surface area (Å²) in [6, 6.07) is 10.5. The average Bonchev–Trinajstić information content (AvgIpc) is 2.63. The van der Waals surface area contributed by atoms with Gasteiger partial charge in [0, 0.05) is 0 Å². The Labute approximate surface area is 217 Å². The summed E-state index contributed by atoms with van der Waals surface area (Å²) in [6.45, 7) is 2.21. The van der Waals surface area contributed by atoms with E-state index in [1.807, 2.05) is 0 Å². The van der Waals surface area contributed by atoms with Crippen molar-refractivity contribution in [3.63, 3.8) is 0 Å². The molecule has 154 valence electrons. The third-order valence-corrected chi connectivity index (χ3v) is 5.51. The summed E-state index contributed by atoms with van der Waals surface area (Å²) in [4.78, 5) is -0.323. The van der Waals surface area contributed by atoms with Gasteiger partial charge in [0.1, 0.15) is 16.4 Å². The molecule has 0 aromatic heterocycles. The first-order chi connectivity index (χ1) is 13.4. The molecule has 0 bridgehead atoms. The summed E-state index contributed by atoms with van der Waals surface area (Å²) >= 11 is 0. The van der Waals surface area contributed by atoms with Crippen LogP contribution in [0.5, 0.6) is 17.2 Å². The molecule has 0 atom stereocenters. The molecule has 0 heterocycles. The molecule has 0 amide bonds. The molecular formula is C22H29KO5S. The molecule has 2 aromatic rings. The molecule has 0 aliphatic heterocycles. The second-order valence-corrected chi connectivity index (χ2v) is 8.45. The Morgan fingerprint density at radius 2 is 1.55 bits per heavy atom. The molecule has 0 radical (unpaired) electrons. The maximum atomic E-state index is 12.0. The third-order valence-electron chi connectivity index (χ3n) is 4.61. The molecular weight excluding hydrogens is 415 g/mol. The predicted octanol–water partition coefficient (Wildman–Crippen LogP) is 2.49. The number of unbranched alkanes of at least 4 members (excludes halogenated alkanes) is 7. The van der Waals surface area contributed by atoms with Crippen molar-refractivity contribution < 1.29 is 74.2 Å². The van der Waals surface area contributed by atoms with Gasteiger partial charge in [-0.15, -0.1) is 5.75 Å². The molecule has 29 heavy (non-hydrogen) atoms. The van der Waals surface area contributed by atoms with Crippen molar-refractivity contribution in [2.24, 2.45) is 0 Å². The van der Waals surface area contributed by atoms with E-state index in [-0.39, 0.29) is 73.5 Å². The van der Waals surface area contributed by atoms with Crippen molar-refractivity contribution >= 4 is 10.1 Å². The van der Waals surface area contributed by atoms with Gasteiger partial charge in [-0.2, -0.15) is 8.42 Å². The van der Waals surface area contributed by atoms with E-state index >= 15 is 0 Å². The molecule has 1 N–H and O–H groups in total. The van der Waals surface area contributed by atoms with E-state index in [1.54, 1.807) is 18.2 Å². The van der Waals surface area contributed by atoms with Crippen molar-refractivity contribution in [1.29, 1.82) is 0 Å². The van der Waals surface area contributed by atoms with E-state index < -0.39 is 10.1 Å². The third kappa shape index (κ3) is 9.96. The van der Waals surface area contributed by atoms with Crippen LogP contribution in [0, 0.1) is 0 Å². The molecule has 5 nitrogen and oxygen atoms in total. The van der Waals surface area contributed by atoms with Crippen LogP contribution < -0.4 is 61.2 Å². The number of rotatable bonds is 12. The Balaban J connectivity index is 0.00000420. The van der Waals surface area contributed by atoms with Crippen molar-refractivity contribution in [3.8, 4) is 17.2 Å². The van der Waals surface area contributed by atoms with Crippen molar-refractivity contribution in [3.05, 3.63) is 48.0 Å². The van der Waals surface area contributed by atoms with Gasteiger partial charge in [0.15, 0.2) is 0 Å². The Morgan fingerprint density at radius 3 is 2.21 bits per heavy atom. The SMILES string of the molecule is CCCCCCCCCCc1cc([O-])cc(Oc2ccccc2S(=O)(=O)O)c1.[K+]. The molecule has 0 aliphatic carbocycles. The van der Waals surface area contributed by atoms with E-state index in [1.165, 1.54) is 62.8 Å². The van der Waals surface area contributed by atoms with Gasteiger partial charge < -0.3 is 9.84 Å². The summed E-state index contributed by atoms with van der Waals surface area (Å²) in [5.41, 5.74) is 0.873. The standard InChI is InChI=1S/C22H30O5S.K/c1-2-3-4-5-6-7-8-9-12-18-15-19(23)17-20(16-18)27-21-13-10-11-14-22(21)28(24,25)26;/h10-11,13-17,23H,2-9,12H2,1H3,(H,24,25,26);/q;+1/p-1. The first-order valence-corrected chi connectivity index (χ1v) is 11.4. The molecule has 0 unspecified atom stereocenters. The minimum absolute atomic E-state index is 0. The number of para-hydroxylation sites is 1. The fraction of sp³-hybridized carbons (Fsp3) is 0.455. The minimum atomic E-state index is -4.41. The zero-order chi connectivity index (χ0) is 20.4. The summed E-state index contributed by atoms with van der Waals surface area (Å²) in [5.74, 6) is 0.0863.